The van der Waals surface area contributed by atoms with E-state index in [9.17, 15) is 4.79 Å². The largest absolute Gasteiger partial charge is 0.377 e. The molecule has 0 rings (SSSR count). The van der Waals surface area contributed by atoms with Crippen LogP contribution in [0.1, 0.15) is 40.5 Å². The molecule has 0 aliphatic carbocycles. The third-order valence-electron chi connectivity index (χ3n) is 2.03. The average Bonchev–Trinajstić information content (AvgIpc) is 2.02. The molecular weight excluding hydrogens is 176 g/mol. The molecule has 0 radical (unpaired) electrons. The molecule has 1 unspecified atom stereocenters. The van der Waals surface area contributed by atoms with Crippen LogP contribution in [0.15, 0.2) is 12.2 Å². The normalized spacial score (nSPS) is 14.6. The Kier molecular flexibility index (Phi) is 5.70. The van der Waals surface area contributed by atoms with Gasteiger partial charge in [0.15, 0.2) is 5.78 Å². The van der Waals surface area contributed by atoms with E-state index in [1.807, 2.05) is 6.08 Å². The molecule has 0 aromatic carbocycles. The maximum atomic E-state index is 10.7. The van der Waals surface area contributed by atoms with E-state index >= 15 is 0 Å². The van der Waals surface area contributed by atoms with Crippen LogP contribution in [0.2, 0.25) is 0 Å². The van der Waals surface area contributed by atoms with Crippen LogP contribution in [-0.4, -0.2) is 19.0 Å². The summed E-state index contributed by atoms with van der Waals surface area (Å²) < 4.78 is 5.26. The smallest absolute Gasteiger partial charge is 0.152 e. The van der Waals surface area contributed by atoms with E-state index in [1.165, 1.54) is 0 Å². The highest BCUT2D eigenvalue weighted by Gasteiger charge is 2.13. The Bertz CT molecular complexity index is 199. The summed E-state index contributed by atoms with van der Waals surface area (Å²) in [6, 6.07) is 0. The lowest BCUT2D eigenvalue weighted by atomic mass is 9.89. The minimum Gasteiger partial charge on any atom is -0.377 e. The van der Waals surface area contributed by atoms with Gasteiger partial charge in [-0.05, 0) is 31.3 Å². The van der Waals surface area contributed by atoms with E-state index < -0.39 is 0 Å². The van der Waals surface area contributed by atoms with Crippen LogP contribution in [0.4, 0.5) is 0 Å². The van der Waals surface area contributed by atoms with Gasteiger partial charge in [0.05, 0.1) is 6.10 Å². The van der Waals surface area contributed by atoms with Crippen LogP contribution < -0.4 is 0 Å². The van der Waals surface area contributed by atoms with Crippen molar-refractivity contribution in [3.8, 4) is 0 Å². The summed E-state index contributed by atoms with van der Waals surface area (Å²) in [5.74, 6) is 0.0720. The number of hydrogen-bond donors (Lipinski definition) is 0. The fourth-order valence-electron chi connectivity index (χ4n) is 1.11. The summed E-state index contributed by atoms with van der Waals surface area (Å²) in [5.41, 5.74) is 0.320. The van der Waals surface area contributed by atoms with Crippen molar-refractivity contribution in [3.63, 3.8) is 0 Å². The minimum absolute atomic E-state index is 0.0677. The lowest BCUT2D eigenvalue weighted by molar-refractivity contribution is -0.112. The summed E-state index contributed by atoms with van der Waals surface area (Å²) in [6.07, 6.45) is 5.54. The summed E-state index contributed by atoms with van der Waals surface area (Å²) >= 11 is 0. The van der Waals surface area contributed by atoms with Crippen LogP contribution >= 0.6 is 0 Å². The van der Waals surface area contributed by atoms with E-state index in [2.05, 4.69) is 20.8 Å². The fraction of sp³-hybridized carbons (Fsp3) is 0.750. The second-order valence-corrected chi connectivity index (χ2v) is 4.84. The van der Waals surface area contributed by atoms with E-state index in [-0.39, 0.29) is 11.9 Å². The Hall–Kier alpha value is -0.630. The maximum Gasteiger partial charge on any atom is 0.152 e. The zero-order valence-electron chi connectivity index (χ0n) is 9.96. The molecule has 0 heterocycles. The molecule has 0 aromatic rings. The van der Waals surface area contributed by atoms with Crippen LogP contribution in [-0.2, 0) is 9.53 Å². The van der Waals surface area contributed by atoms with Crippen molar-refractivity contribution in [2.75, 3.05) is 7.11 Å². The third-order valence-corrected chi connectivity index (χ3v) is 2.03. The number of ketones is 1. The minimum atomic E-state index is 0.0677. The Morgan fingerprint density at radius 2 is 2.00 bits per heavy atom. The lowest BCUT2D eigenvalue weighted by Crippen LogP contribution is -2.13. The quantitative estimate of drug-likeness (QED) is 0.635. The van der Waals surface area contributed by atoms with Gasteiger partial charge in [0.1, 0.15) is 0 Å². The number of carbonyl (C=O) groups excluding carboxylic acids is 1. The van der Waals surface area contributed by atoms with Crippen molar-refractivity contribution in [3.05, 3.63) is 12.2 Å². The van der Waals surface area contributed by atoms with E-state index in [4.69, 9.17) is 4.74 Å². The highest BCUT2D eigenvalue weighted by atomic mass is 16.5. The number of carbonyl (C=O) groups is 1. The molecule has 0 fully saturated rings. The molecule has 0 aromatic heterocycles. The predicted octanol–water partition coefficient (Wildman–Crippen LogP) is 2.97. The Morgan fingerprint density at radius 3 is 2.36 bits per heavy atom. The molecule has 0 saturated carbocycles. The Morgan fingerprint density at radius 1 is 1.43 bits per heavy atom. The molecule has 2 heteroatoms. The van der Waals surface area contributed by atoms with Crippen molar-refractivity contribution in [1.82, 2.24) is 0 Å². The molecule has 0 spiro atoms. The summed E-state index contributed by atoms with van der Waals surface area (Å²) in [5, 5.41) is 0. The number of methoxy groups -OCH3 is 1. The standard InChI is InChI=1S/C12H22O2/c1-10(13)6-7-11(14-5)8-9-12(2,3)4/h6-7,11H,8-9H2,1-5H3. The monoisotopic (exact) mass is 198 g/mol. The van der Waals surface area contributed by atoms with Crippen LogP contribution in [0, 0.1) is 5.41 Å². The third kappa shape index (κ3) is 7.99. The Balaban J connectivity index is 3.98. The van der Waals surface area contributed by atoms with Crippen LogP contribution in [0.3, 0.4) is 0 Å². The molecule has 0 bridgehead atoms. The van der Waals surface area contributed by atoms with E-state index in [0.29, 0.717) is 5.41 Å². The molecule has 82 valence electrons. The summed E-state index contributed by atoms with van der Waals surface area (Å²) in [4.78, 5) is 10.7. The first-order valence-electron chi connectivity index (χ1n) is 5.07. The highest BCUT2D eigenvalue weighted by Crippen LogP contribution is 2.22. The van der Waals surface area contributed by atoms with Gasteiger partial charge in [0.25, 0.3) is 0 Å². The van der Waals surface area contributed by atoms with Crippen molar-refractivity contribution >= 4 is 5.78 Å². The molecule has 0 amide bonds. The number of ether oxygens (including phenoxy) is 1. The molecule has 2 nitrogen and oxygen atoms in total. The van der Waals surface area contributed by atoms with Crippen molar-refractivity contribution in [2.45, 2.75) is 46.6 Å². The zero-order valence-corrected chi connectivity index (χ0v) is 9.96. The second kappa shape index (κ2) is 5.97. The molecule has 0 aliphatic heterocycles. The molecule has 1 atom stereocenters. The molecule has 0 aliphatic rings. The molecule has 14 heavy (non-hydrogen) atoms. The van der Waals surface area contributed by atoms with Crippen molar-refractivity contribution in [1.29, 1.82) is 0 Å². The number of rotatable bonds is 5. The summed E-state index contributed by atoms with van der Waals surface area (Å²) in [7, 11) is 1.68. The van der Waals surface area contributed by atoms with Gasteiger partial charge >= 0.3 is 0 Å². The second-order valence-electron chi connectivity index (χ2n) is 4.84. The van der Waals surface area contributed by atoms with Crippen LogP contribution in [0.5, 0.6) is 0 Å². The molecular formula is C12H22O2. The maximum absolute atomic E-state index is 10.7. The van der Waals surface area contributed by atoms with Gasteiger partial charge in [-0.1, -0.05) is 26.8 Å². The fourth-order valence-corrected chi connectivity index (χ4v) is 1.11. The van der Waals surface area contributed by atoms with Gasteiger partial charge in [0.2, 0.25) is 0 Å². The Labute approximate surface area is 87.3 Å². The first kappa shape index (κ1) is 13.4. The molecule has 0 saturated heterocycles. The average molecular weight is 198 g/mol. The van der Waals surface area contributed by atoms with Gasteiger partial charge < -0.3 is 4.74 Å². The molecule has 0 N–H and O–H groups in total. The number of hydrogen-bond acceptors (Lipinski definition) is 2. The van der Waals surface area contributed by atoms with E-state index in [0.717, 1.165) is 12.8 Å². The lowest BCUT2D eigenvalue weighted by Gasteiger charge is -2.20. The van der Waals surface area contributed by atoms with Crippen molar-refractivity contribution in [2.24, 2.45) is 5.41 Å². The first-order chi connectivity index (χ1) is 6.35. The topological polar surface area (TPSA) is 26.3 Å². The summed E-state index contributed by atoms with van der Waals surface area (Å²) in [6.45, 7) is 8.16. The van der Waals surface area contributed by atoms with Gasteiger partial charge in [-0.3, -0.25) is 4.79 Å². The van der Waals surface area contributed by atoms with Crippen molar-refractivity contribution < 1.29 is 9.53 Å². The van der Waals surface area contributed by atoms with Gasteiger partial charge in [0, 0.05) is 7.11 Å². The van der Waals surface area contributed by atoms with E-state index in [1.54, 1.807) is 20.1 Å². The van der Waals surface area contributed by atoms with Gasteiger partial charge in [-0.25, -0.2) is 0 Å². The van der Waals surface area contributed by atoms with Gasteiger partial charge in [-0.15, -0.1) is 0 Å². The predicted molar refractivity (Wildman–Crippen MR) is 59.3 cm³/mol. The van der Waals surface area contributed by atoms with Crippen LogP contribution in [0.25, 0.3) is 0 Å². The first-order valence-corrected chi connectivity index (χ1v) is 5.07. The SMILES string of the molecule is COC(C=CC(C)=O)CCC(C)(C)C. The van der Waals surface area contributed by atoms with Gasteiger partial charge in [-0.2, -0.15) is 0 Å². The highest BCUT2D eigenvalue weighted by molar-refractivity contribution is 5.87. The zero-order chi connectivity index (χ0) is 11.2. The number of allylic oxidation sites excluding steroid dienone is 1.